The molecule has 0 saturated carbocycles. The highest BCUT2D eigenvalue weighted by molar-refractivity contribution is 6.04. The smallest absolute Gasteiger partial charge is 0.370 e. The van der Waals surface area contributed by atoms with E-state index in [1.54, 1.807) is 29.2 Å². The maximum atomic E-state index is 13.5. The molecule has 2 aromatic carbocycles. The fourth-order valence-corrected chi connectivity index (χ4v) is 4.76. The van der Waals surface area contributed by atoms with Crippen LogP contribution in [0.1, 0.15) is 24.0 Å². The lowest BCUT2D eigenvalue weighted by Gasteiger charge is -2.45. The zero-order valence-electron chi connectivity index (χ0n) is 19.9. The summed E-state index contributed by atoms with van der Waals surface area (Å²) in [7, 11) is 0. The molecular weight excluding hydrogens is 483 g/mol. The molecular formula is C26H26F3N7O. The van der Waals surface area contributed by atoms with Gasteiger partial charge in [0.25, 0.3) is 0 Å². The Labute approximate surface area is 211 Å². The standard InChI is InChI=1S/C26H26F3N7O/c27-26(28,29)18-4-1-3-17(13-18)21-10-11-22-23(34-21)36(20-5-2-12-35(22)15-20)25(37)33-19-8-6-16(7-9-19)14-32-24(30)31/h1,3-4,6-11,13,20H,2,5,12,14-15H2,(H,33,37)(H4,30,31,32)/t20-/m0/s1. The average molecular weight is 510 g/mol. The van der Waals surface area contributed by atoms with Gasteiger partial charge >= 0.3 is 12.2 Å². The lowest BCUT2D eigenvalue weighted by Crippen LogP contribution is -2.56. The van der Waals surface area contributed by atoms with E-state index in [1.165, 1.54) is 6.07 Å². The zero-order valence-corrected chi connectivity index (χ0v) is 19.9. The van der Waals surface area contributed by atoms with Gasteiger partial charge in [-0.1, -0.05) is 24.3 Å². The number of anilines is 3. The molecule has 0 unspecified atom stereocenters. The number of hydrogen-bond acceptors (Lipinski definition) is 4. The van der Waals surface area contributed by atoms with E-state index in [1.807, 2.05) is 18.2 Å². The molecule has 1 aromatic heterocycles. The van der Waals surface area contributed by atoms with E-state index in [0.717, 1.165) is 42.8 Å². The van der Waals surface area contributed by atoms with E-state index in [0.29, 0.717) is 35.9 Å². The number of amides is 2. The third kappa shape index (κ3) is 5.16. The third-order valence-corrected chi connectivity index (χ3v) is 6.54. The van der Waals surface area contributed by atoms with Crippen molar-refractivity contribution < 1.29 is 18.0 Å². The van der Waals surface area contributed by atoms with Crippen molar-refractivity contribution in [1.82, 2.24) is 4.98 Å². The molecule has 1 fully saturated rings. The fourth-order valence-electron chi connectivity index (χ4n) is 4.76. The highest BCUT2D eigenvalue weighted by atomic mass is 19.4. The number of fused-ring (bicyclic) bond motifs is 4. The molecule has 5 rings (SSSR count). The summed E-state index contributed by atoms with van der Waals surface area (Å²) in [5.41, 5.74) is 13.0. The van der Waals surface area contributed by atoms with Gasteiger partial charge in [0.2, 0.25) is 0 Å². The van der Waals surface area contributed by atoms with E-state index in [2.05, 4.69) is 15.2 Å². The molecule has 192 valence electrons. The molecule has 8 nitrogen and oxygen atoms in total. The van der Waals surface area contributed by atoms with Gasteiger partial charge in [0.05, 0.1) is 29.5 Å². The summed E-state index contributed by atoms with van der Waals surface area (Å²) in [4.78, 5) is 26.0. The summed E-state index contributed by atoms with van der Waals surface area (Å²) in [6, 6.07) is 15.3. The summed E-state index contributed by atoms with van der Waals surface area (Å²) in [6.07, 6.45) is -2.74. The number of pyridine rings is 1. The molecule has 3 heterocycles. The quantitative estimate of drug-likeness (QED) is 0.353. The van der Waals surface area contributed by atoms with Crippen LogP contribution in [0, 0.1) is 0 Å². The predicted molar refractivity (Wildman–Crippen MR) is 137 cm³/mol. The van der Waals surface area contributed by atoms with E-state index in [4.69, 9.17) is 16.5 Å². The van der Waals surface area contributed by atoms with E-state index in [-0.39, 0.29) is 18.0 Å². The number of rotatable bonds is 4. The number of aliphatic imine (C=N–C) groups is 1. The second kappa shape index (κ2) is 9.64. The number of benzene rings is 2. The van der Waals surface area contributed by atoms with Crippen molar-refractivity contribution in [2.75, 3.05) is 28.2 Å². The summed E-state index contributed by atoms with van der Waals surface area (Å²) in [5, 5.41) is 2.93. The predicted octanol–water partition coefficient (Wildman–Crippen LogP) is 4.56. The van der Waals surface area contributed by atoms with Gasteiger partial charge in [-0.15, -0.1) is 0 Å². The molecule has 11 heteroatoms. The van der Waals surface area contributed by atoms with Crippen LogP contribution < -0.4 is 26.6 Å². The molecule has 0 aliphatic carbocycles. The maximum absolute atomic E-state index is 13.5. The van der Waals surface area contributed by atoms with Gasteiger partial charge in [0.15, 0.2) is 11.8 Å². The first kappa shape index (κ1) is 24.4. The van der Waals surface area contributed by atoms with Gasteiger partial charge in [0, 0.05) is 24.3 Å². The monoisotopic (exact) mass is 509 g/mol. The van der Waals surface area contributed by atoms with Gasteiger partial charge in [-0.3, -0.25) is 4.90 Å². The highest BCUT2D eigenvalue weighted by Gasteiger charge is 2.38. The van der Waals surface area contributed by atoms with Crippen molar-refractivity contribution in [2.45, 2.75) is 31.6 Å². The van der Waals surface area contributed by atoms with Crippen LogP contribution in [0.15, 0.2) is 65.7 Å². The lowest BCUT2D eigenvalue weighted by molar-refractivity contribution is -0.137. The van der Waals surface area contributed by atoms with Crippen LogP contribution in [-0.4, -0.2) is 36.1 Å². The Balaban J connectivity index is 1.45. The first-order chi connectivity index (χ1) is 17.7. The van der Waals surface area contributed by atoms with E-state index >= 15 is 0 Å². The van der Waals surface area contributed by atoms with Crippen LogP contribution in [0.2, 0.25) is 0 Å². The first-order valence-corrected chi connectivity index (χ1v) is 11.9. The molecule has 5 N–H and O–H groups in total. The fraction of sp³-hybridized carbons (Fsp3) is 0.269. The van der Waals surface area contributed by atoms with Gasteiger partial charge in [0.1, 0.15) is 0 Å². The SMILES string of the molecule is NC(N)=NCc1ccc(NC(=O)N2c3nc(-c4cccc(C(F)(F)F)c4)ccc3N3CCC[C@H]2C3)cc1. The van der Waals surface area contributed by atoms with Crippen LogP contribution in [0.5, 0.6) is 0 Å². The summed E-state index contributed by atoms with van der Waals surface area (Å²) >= 11 is 0. The largest absolute Gasteiger partial charge is 0.416 e. The van der Waals surface area contributed by atoms with Crippen LogP contribution in [0.3, 0.4) is 0 Å². The molecule has 2 aliphatic heterocycles. The van der Waals surface area contributed by atoms with E-state index in [9.17, 15) is 18.0 Å². The number of aromatic nitrogens is 1. The number of halogens is 3. The number of piperidine rings is 1. The molecule has 2 amide bonds. The molecule has 1 atom stereocenters. The van der Waals surface area contributed by atoms with Crippen LogP contribution in [0.25, 0.3) is 11.3 Å². The number of carbonyl (C=O) groups excluding carboxylic acids is 1. The van der Waals surface area contributed by atoms with Crippen LogP contribution in [-0.2, 0) is 12.7 Å². The van der Waals surface area contributed by atoms with Crippen molar-refractivity contribution in [3.63, 3.8) is 0 Å². The Morgan fingerprint density at radius 3 is 2.62 bits per heavy atom. The van der Waals surface area contributed by atoms with Crippen molar-refractivity contribution >= 4 is 29.2 Å². The number of nitrogens with two attached hydrogens (primary N) is 2. The average Bonchev–Trinajstić information content (AvgIpc) is 2.88. The Kier molecular flexibility index (Phi) is 6.36. The number of guanidine groups is 1. The van der Waals surface area contributed by atoms with Crippen molar-refractivity contribution in [3.8, 4) is 11.3 Å². The third-order valence-electron chi connectivity index (χ3n) is 6.54. The second-order valence-corrected chi connectivity index (χ2v) is 9.10. The van der Waals surface area contributed by atoms with Crippen LogP contribution in [0.4, 0.5) is 35.2 Å². The Morgan fingerprint density at radius 2 is 1.89 bits per heavy atom. The minimum absolute atomic E-state index is 0.000305. The lowest BCUT2D eigenvalue weighted by atomic mass is 9.99. The maximum Gasteiger partial charge on any atom is 0.416 e. The first-order valence-electron chi connectivity index (χ1n) is 11.9. The molecule has 1 saturated heterocycles. The highest BCUT2D eigenvalue weighted by Crippen LogP contribution is 2.40. The van der Waals surface area contributed by atoms with Crippen molar-refractivity contribution in [1.29, 1.82) is 0 Å². The Morgan fingerprint density at radius 1 is 1.11 bits per heavy atom. The van der Waals surface area contributed by atoms with E-state index < -0.39 is 11.7 Å². The minimum Gasteiger partial charge on any atom is -0.370 e. The van der Waals surface area contributed by atoms with Gasteiger partial charge in [-0.2, -0.15) is 13.2 Å². The molecule has 0 spiro atoms. The van der Waals surface area contributed by atoms with Crippen molar-refractivity contribution in [3.05, 3.63) is 71.8 Å². The number of carbonyl (C=O) groups is 1. The number of urea groups is 1. The summed E-state index contributed by atoms with van der Waals surface area (Å²) in [6.45, 7) is 1.83. The topological polar surface area (TPSA) is 113 Å². The van der Waals surface area contributed by atoms with Gasteiger partial charge in [-0.05, 0) is 54.8 Å². The summed E-state index contributed by atoms with van der Waals surface area (Å²) in [5.74, 6) is 0.437. The molecule has 2 aliphatic rings. The molecule has 0 radical (unpaired) electrons. The number of nitrogens with zero attached hydrogens (tertiary/aromatic N) is 4. The number of nitrogens with one attached hydrogen (secondary N) is 1. The second-order valence-electron chi connectivity index (χ2n) is 9.10. The molecule has 37 heavy (non-hydrogen) atoms. The van der Waals surface area contributed by atoms with Crippen molar-refractivity contribution in [2.24, 2.45) is 16.5 Å². The van der Waals surface area contributed by atoms with Gasteiger partial charge < -0.3 is 21.7 Å². The molecule has 2 bridgehead atoms. The summed E-state index contributed by atoms with van der Waals surface area (Å²) < 4.78 is 39.9. The number of alkyl halides is 3. The zero-order chi connectivity index (χ0) is 26.2. The minimum atomic E-state index is -4.46. The number of hydrogen-bond donors (Lipinski definition) is 3. The normalized spacial score (nSPS) is 16.7. The Bertz CT molecular complexity index is 1340. The Hall–Kier alpha value is -4.28. The van der Waals surface area contributed by atoms with Gasteiger partial charge in [-0.25, -0.2) is 14.8 Å². The molecule has 3 aromatic rings. The van der Waals surface area contributed by atoms with Crippen LogP contribution >= 0.6 is 0 Å².